The zero-order valence-electron chi connectivity index (χ0n) is 19.4. The molecule has 7 N–H and O–H groups in total. The van der Waals surface area contributed by atoms with Crippen LogP contribution in [0, 0.1) is 0 Å². The number of ether oxygens (including phenoxy) is 4. The van der Waals surface area contributed by atoms with E-state index in [9.17, 15) is 35.7 Å². The van der Waals surface area contributed by atoms with Crippen LogP contribution in [0.4, 0.5) is 0 Å². The molecular formula is C20H38O11. The van der Waals surface area contributed by atoms with Crippen LogP contribution >= 0.6 is 0 Å². The second-order valence-electron chi connectivity index (χ2n) is 9.87. The Morgan fingerprint density at radius 1 is 0.968 bits per heavy atom. The van der Waals surface area contributed by atoms with Crippen LogP contribution in [-0.2, 0) is 18.9 Å². The Balaban J connectivity index is 2.69. The lowest BCUT2D eigenvalue weighted by atomic mass is 9.57. The Bertz CT molecular complexity index is 677. The smallest absolute Gasteiger partial charge is 0.224 e. The van der Waals surface area contributed by atoms with E-state index in [4.69, 9.17) is 18.9 Å². The van der Waals surface area contributed by atoms with Crippen LogP contribution in [0.2, 0.25) is 0 Å². The maximum atomic E-state index is 11.6. The van der Waals surface area contributed by atoms with Crippen LogP contribution in [0.3, 0.4) is 0 Å². The van der Waals surface area contributed by atoms with Gasteiger partial charge in [-0.3, -0.25) is 0 Å². The molecule has 0 aromatic heterocycles. The van der Waals surface area contributed by atoms with E-state index in [1.807, 2.05) is 0 Å². The summed E-state index contributed by atoms with van der Waals surface area (Å²) in [5.74, 6) is -4.56. The lowest BCUT2D eigenvalue weighted by Crippen LogP contribution is -2.88. The predicted molar refractivity (Wildman–Crippen MR) is 106 cm³/mol. The van der Waals surface area contributed by atoms with Crippen LogP contribution in [0.15, 0.2) is 0 Å². The molecule has 0 amide bonds. The topological polar surface area (TPSA) is 179 Å². The Labute approximate surface area is 182 Å². The summed E-state index contributed by atoms with van der Waals surface area (Å²) in [4.78, 5) is 0. The summed E-state index contributed by atoms with van der Waals surface area (Å²) < 4.78 is 23.1. The van der Waals surface area contributed by atoms with Gasteiger partial charge < -0.3 is 54.7 Å². The van der Waals surface area contributed by atoms with Gasteiger partial charge in [-0.15, -0.1) is 0 Å². The normalized spacial score (nSPS) is 53.7. The van der Waals surface area contributed by atoms with Gasteiger partial charge in [-0.05, 0) is 48.5 Å². The Morgan fingerprint density at radius 2 is 1.48 bits per heavy atom. The Kier molecular flexibility index (Phi) is 6.52. The molecule has 11 heteroatoms. The van der Waals surface area contributed by atoms with Crippen molar-refractivity contribution in [2.45, 2.75) is 106 Å². The van der Waals surface area contributed by atoms with Gasteiger partial charge in [0.25, 0.3) is 0 Å². The summed E-state index contributed by atoms with van der Waals surface area (Å²) in [5.41, 5.74) is -9.53. The summed E-state index contributed by atoms with van der Waals surface area (Å²) in [7, 11) is 1.29. The van der Waals surface area contributed by atoms with E-state index in [0.29, 0.717) is 0 Å². The third-order valence-electron chi connectivity index (χ3n) is 7.92. The Hall–Kier alpha value is -0.440. The van der Waals surface area contributed by atoms with Crippen LogP contribution < -0.4 is 0 Å². The van der Waals surface area contributed by atoms with E-state index in [0.717, 1.165) is 0 Å². The zero-order valence-corrected chi connectivity index (χ0v) is 19.4. The van der Waals surface area contributed by atoms with Gasteiger partial charge >= 0.3 is 0 Å². The summed E-state index contributed by atoms with van der Waals surface area (Å²) in [6, 6.07) is 0. The molecule has 31 heavy (non-hydrogen) atoms. The first kappa shape index (κ1) is 26.8. The van der Waals surface area contributed by atoms with E-state index < -0.39 is 71.1 Å². The standard InChI is InChI=1S/C20H38O11/c1-14(2,25)17(5)18(6,28-8)15(3,26)16(4,27)19(7,30-17)31-20(10-22)13(24)12(23)11(9-21)29-20/h11-13,21-27H,9-10H2,1-8H3/t11-,12-,13+,15-,16-,17-,18+,19+,20?/m1/s1. The van der Waals surface area contributed by atoms with Crippen molar-refractivity contribution in [3.63, 3.8) is 0 Å². The Morgan fingerprint density at radius 3 is 1.84 bits per heavy atom. The van der Waals surface area contributed by atoms with Crippen molar-refractivity contribution in [1.82, 2.24) is 0 Å². The molecule has 0 aromatic carbocycles. The number of methoxy groups -OCH3 is 1. The van der Waals surface area contributed by atoms with E-state index in [1.165, 1.54) is 55.6 Å². The van der Waals surface area contributed by atoms with E-state index in [2.05, 4.69) is 0 Å². The molecule has 11 nitrogen and oxygen atoms in total. The maximum Gasteiger partial charge on any atom is 0.224 e. The molecule has 0 spiro atoms. The second kappa shape index (κ2) is 7.54. The first-order valence-electron chi connectivity index (χ1n) is 10.2. The van der Waals surface area contributed by atoms with Crippen LogP contribution in [0.25, 0.3) is 0 Å². The van der Waals surface area contributed by atoms with Crippen LogP contribution in [0.5, 0.6) is 0 Å². The first-order valence-corrected chi connectivity index (χ1v) is 10.2. The number of hydrogen-bond acceptors (Lipinski definition) is 11. The molecule has 2 rings (SSSR count). The lowest BCUT2D eigenvalue weighted by molar-refractivity contribution is -0.505. The minimum Gasteiger partial charge on any atom is -0.394 e. The third kappa shape index (κ3) is 3.22. The van der Waals surface area contributed by atoms with Crippen molar-refractivity contribution in [2.24, 2.45) is 0 Å². The summed E-state index contributed by atoms with van der Waals surface area (Å²) in [5, 5.41) is 74.3. The van der Waals surface area contributed by atoms with E-state index >= 15 is 0 Å². The molecule has 2 saturated heterocycles. The lowest BCUT2D eigenvalue weighted by Gasteiger charge is -2.69. The average Bonchev–Trinajstić information content (AvgIpc) is 2.89. The van der Waals surface area contributed by atoms with Gasteiger partial charge in [0.1, 0.15) is 47.3 Å². The van der Waals surface area contributed by atoms with Gasteiger partial charge in [-0.25, -0.2) is 0 Å². The van der Waals surface area contributed by atoms with Gasteiger partial charge in [0, 0.05) is 7.11 Å². The quantitative estimate of drug-likeness (QED) is 0.236. The number of aliphatic hydroxyl groups is 7. The molecule has 2 aliphatic heterocycles. The van der Waals surface area contributed by atoms with Crippen molar-refractivity contribution < 1.29 is 54.7 Å². The predicted octanol–water partition coefficient (Wildman–Crippen LogP) is -2.01. The highest BCUT2D eigenvalue weighted by Gasteiger charge is 2.79. The molecule has 0 aliphatic carbocycles. The van der Waals surface area contributed by atoms with Gasteiger partial charge in [-0.1, -0.05) is 0 Å². The summed E-state index contributed by atoms with van der Waals surface area (Å²) in [6.45, 7) is 7.85. The number of aliphatic hydroxyl groups excluding tert-OH is 4. The molecule has 2 fully saturated rings. The molecule has 0 radical (unpaired) electrons. The largest absolute Gasteiger partial charge is 0.394 e. The van der Waals surface area contributed by atoms with Crippen molar-refractivity contribution in [3.05, 3.63) is 0 Å². The fourth-order valence-electron chi connectivity index (χ4n) is 4.76. The van der Waals surface area contributed by atoms with Crippen LogP contribution in [-0.4, -0.2) is 114 Å². The molecule has 0 aromatic rings. The van der Waals surface area contributed by atoms with Crippen molar-refractivity contribution >= 4 is 0 Å². The molecule has 184 valence electrons. The third-order valence-corrected chi connectivity index (χ3v) is 7.92. The highest BCUT2D eigenvalue weighted by atomic mass is 16.8. The molecular weight excluding hydrogens is 416 g/mol. The fraction of sp³-hybridized carbons (Fsp3) is 1.00. The van der Waals surface area contributed by atoms with E-state index in [-0.39, 0.29) is 0 Å². The maximum absolute atomic E-state index is 11.6. The fourth-order valence-corrected chi connectivity index (χ4v) is 4.76. The highest BCUT2D eigenvalue weighted by molar-refractivity contribution is 5.26. The first-order chi connectivity index (χ1) is 13.8. The van der Waals surface area contributed by atoms with Crippen molar-refractivity contribution in [3.8, 4) is 0 Å². The molecule has 2 aliphatic rings. The molecule has 2 heterocycles. The average molecular weight is 455 g/mol. The molecule has 0 bridgehead atoms. The number of hydrogen-bond donors (Lipinski definition) is 7. The van der Waals surface area contributed by atoms with Crippen LogP contribution in [0.1, 0.15) is 48.5 Å². The highest BCUT2D eigenvalue weighted by Crippen LogP contribution is 2.59. The SMILES string of the molecule is CO[C@@]1(C)[C@](C)(O)[C@@](C)(O)[C@](C)(OC2(CO)O[C@H](CO)[C@@H](O)[C@@H]2O)O[C@]1(C)C(C)(C)O. The molecule has 9 atom stereocenters. The second-order valence-corrected chi connectivity index (χ2v) is 9.87. The van der Waals surface area contributed by atoms with E-state index in [1.54, 1.807) is 0 Å². The van der Waals surface area contributed by atoms with Gasteiger partial charge in [0.05, 0.1) is 12.2 Å². The van der Waals surface area contributed by atoms with Crippen molar-refractivity contribution in [1.29, 1.82) is 0 Å². The zero-order chi connectivity index (χ0) is 24.5. The minimum atomic E-state index is -2.32. The van der Waals surface area contributed by atoms with Gasteiger partial charge in [0.15, 0.2) is 0 Å². The summed E-state index contributed by atoms with van der Waals surface area (Å²) >= 11 is 0. The monoisotopic (exact) mass is 454 g/mol. The molecule has 0 saturated carbocycles. The minimum absolute atomic E-state index is 0.682. The number of rotatable bonds is 6. The van der Waals surface area contributed by atoms with Gasteiger partial charge in [-0.2, -0.15) is 0 Å². The summed E-state index contributed by atoms with van der Waals surface area (Å²) in [6.07, 6.45) is -4.73. The van der Waals surface area contributed by atoms with Crippen molar-refractivity contribution in [2.75, 3.05) is 20.3 Å². The van der Waals surface area contributed by atoms with Gasteiger partial charge in [0.2, 0.25) is 11.6 Å². The molecule has 1 unspecified atom stereocenters.